The maximum atomic E-state index is 12.5. The number of rotatable bonds is 7. The molecule has 0 bridgehead atoms. The monoisotopic (exact) mass is 388 g/mol. The van der Waals surface area contributed by atoms with Crippen molar-refractivity contribution < 1.29 is 19.0 Å². The highest BCUT2D eigenvalue weighted by atomic mass is 35.5. The normalized spacial score (nSPS) is 10.7. The molecule has 1 heterocycles. The van der Waals surface area contributed by atoms with E-state index in [1.54, 1.807) is 12.1 Å². The first-order chi connectivity index (χ1) is 13.1. The van der Waals surface area contributed by atoms with Gasteiger partial charge in [-0.3, -0.25) is 4.79 Å². The van der Waals surface area contributed by atoms with E-state index in [4.69, 9.17) is 25.8 Å². The molecule has 0 aliphatic rings. The lowest BCUT2D eigenvalue weighted by atomic mass is 10.1. The van der Waals surface area contributed by atoms with E-state index in [-0.39, 0.29) is 5.91 Å². The molecular weight excluding hydrogens is 368 g/mol. The Balaban J connectivity index is 1.71. The first-order valence-electron chi connectivity index (χ1n) is 8.40. The van der Waals surface area contributed by atoms with Crippen molar-refractivity contribution in [2.24, 2.45) is 0 Å². The van der Waals surface area contributed by atoms with Gasteiger partial charge in [-0.05, 0) is 30.3 Å². The van der Waals surface area contributed by atoms with Crippen molar-refractivity contribution in [1.82, 2.24) is 9.88 Å². The smallest absolute Gasteiger partial charge is 0.251 e. The van der Waals surface area contributed by atoms with E-state index < -0.39 is 0 Å². The Morgan fingerprint density at radius 2 is 1.78 bits per heavy atom. The lowest BCUT2D eigenvalue weighted by Crippen LogP contribution is -2.27. The van der Waals surface area contributed by atoms with Crippen LogP contribution in [0.5, 0.6) is 17.2 Å². The number of carbonyl (C=O) groups excluding carboxylic acids is 1. The van der Waals surface area contributed by atoms with E-state index in [9.17, 15) is 4.79 Å². The summed E-state index contributed by atoms with van der Waals surface area (Å²) in [6.07, 6.45) is 1.96. The Morgan fingerprint density at radius 1 is 1.07 bits per heavy atom. The molecule has 0 spiro atoms. The molecule has 3 rings (SSSR count). The molecule has 0 saturated heterocycles. The average molecular weight is 389 g/mol. The number of carbonyl (C=O) groups is 1. The number of nitrogens with zero attached hydrogens (tertiary/aromatic N) is 1. The zero-order chi connectivity index (χ0) is 19.4. The maximum Gasteiger partial charge on any atom is 0.251 e. The highest BCUT2D eigenvalue weighted by Gasteiger charge is 2.16. The van der Waals surface area contributed by atoms with Gasteiger partial charge >= 0.3 is 0 Å². The summed E-state index contributed by atoms with van der Waals surface area (Å²) in [6, 6.07) is 11.0. The topological polar surface area (TPSA) is 61.7 Å². The molecule has 0 unspecified atom stereocenters. The van der Waals surface area contributed by atoms with E-state index in [1.807, 2.05) is 30.5 Å². The largest absolute Gasteiger partial charge is 0.493 e. The van der Waals surface area contributed by atoms with E-state index >= 15 is 0 Å². The minimum atomic E-state index is -0.219. The number of methoxy groups -OCH3 is 3. The minimum absolute atomic E-state index is 0.219. The van der Waals surface area contributed by atoms with Crippen LogP contribution in [0.3, 0.4) is 0 Å². The Kier molecular flexibility index (Phi) is 5.76. The molecule has 0 radical (unpaired) electrons. The van der Waals surface area contributed by atoms with Crippen molar-refractivity contribution in [3.63, 3.8) is 0 Å². The third kappa shape index (κ3) is 3.80. The summed E-state index contributed by atoms with van der Waals surface area (Å²) in [4.78, 5) is 12.5. The van der Waals surface area contributed by atoms with E-state index in [2.05, 4.69) is 9.88 Å². The van der Waals surface area contributed by atoms with Gasteiger partial charge in [0, 0.05) is 40.8 Å². The van der Waals surface area contributed by atoms with Crippen LogP contribution in [0, 0.1) is 0 Å². The van der Waals surface area contributed by atoms with Gasteiger partial charge in [0.2, 0.25) is 5.75 Å². The summed E-state index contributed by atoms with van der Waals surface area (Å²) in [7, 11) is 4.55. The van der Waals surface area contributed by atoms with Crippen molar-refractivity contribution in [3.8, 4) is 17.2 Å². The van der Waals surface area contributed by atoms with Crippen molar-refractivity contribution in [3.05, 3.63) is 53.2 Å². The van der Waals surface area contributed by atoms with Gasteiger partial charge in [0.25, 0.3) is 5.91 Å². The Hall–Kier alpha value is -2.86. The van der Waals surface area contributed by atoms with Crippen LogP contribution in [-0.2, 0) is 6.54 Å². The van der Waals surface area contributed by atoms with Gasteiger partial charge in [-0.2, -0.15) is 0 Å². The van der Waals surface area contributed by atoms with E-state index in [1.165, 1.54) is 21.3 Å². The summed E-state index contributed by atoms with van der Waals surface area (Å²) in [5.41, 5.74) is 1.47. The molecule has 1 aromatic heterocycles. The fourth-order valence-corrected chi connectivity index (χ4v) is 3.22. The third-order valence-electron chi connectivity index (χ3n) is 4.33. The molecule has 2 aromatic carbocycles. The Labute approximate surface area is 162 Å². The summed E-state index contributed by atoms with van der Waals surface area (Å²) >= 11 is 6.20. The van der Waals surface area contributed by atoms with Crippen molar-refractivity contribution >= 4 is 28.4 Å². The molecule has 0 fully saturated rings. The number of hydrogen-bond donors (Lipinski definition) is 1. The predicted octanol–water partition coefficient (Wildman–Crippen LogP) is 3.75. The number of halogens is 1. The van der Waals surface area contributed by atoms with Crippen LogP contribution in [0.25, 0.3) is 10.9 Å². The van der Waals surface area contributed by atoms with Gasteiger partial charge < -0.3 is 24.1 Å². The summed E-state index contributed by atoms with van der Waals surface area (Å²) in [5, 5.41) is 4.62. The molecule has 0 saturated carbocycles. The number of hydrogen-bond acceptors (Lipinski definition) is 4. The molecule has 1 N–H and O–H groups in total. The second kappa shape index (κ2) is 8.22. The van der Waals surface area contributed by atoms with Crippen LogP contribution in [0.1, 0.15) is 10.4 Å². The number of ether oxygens (including phenoxy) is 3. The minimum Gasteiger partial charge on any atom is -0.493 e. The zero-order valence-corrected chi connectivity index (χ0v) is 16.2. The second-order valence-corrected chi connectivity index (χ2v) is 6.26. The Bertz CT molecular complexity index is 943. The van der Waals surface area contributed by atoms with Gasteiger partial charge in [-0.15, -0.1) is 0 Å². The van der Waals surface area contributed by atoms with E-state index in [0.717, 1.165) is 10.9 Å². The number of amides is 1. The number of fused-ring (bicyclic) bond motifs is 1. The molecule has 1 amide bonds. The van der Waals surface area contributed by atoms with Gasteiger partial charge in [0.1, 0.15) is 0 Å². The molecule has 3 aromatic rings. The van der Waals surface area contributed by atoms with Crippen molar-refractivity contribution in [1.29, 1.82) is 0 Å². The first-order valence-corrected chi connectivity index (χ1v) is 8.78. The standard InChI is InChI=1S/C20H21ClN2O4/c1-25-17-11-13(12-18(26-2)19(17)27-3)20(24)22-8-10-23-9-7-14-15(21)5-4-6-16(14)23/h4-7,9,11-12H,8,10H2,1-3H3,(H,22,24). The quantitative estimate of drug-likeness (QED) is 0.669. The van der Waals surface area contributed by atoms with Crippen LogP contribution in [0.15, 0.2) is 42.6 Å². The van der Waals surface area contributed by atoms with E-state index in [0.29, 0.717) is 40.9 Å². The lowest BCUT2D eigenvalue weighted by Gasteiger charge is -2.14. The molecule has 0 aliphatic heterocycles. The first kappa shape index (κ1) is 18.9. The molecule has 27 heavy (non-hydrogen) atoms. The molecule has 7 heteroatoms. The second-order valence-electron chi connectivity index (χ2n) is 5.85. The molecule has 142 valence electrons. The van der Waals surface area contributed by atoms with Gasteiger partial charge in [0.05, 0.1) is 21.3 Å². The highest BCUT2D eigenvalue weighted by Crippen LogP contribution is 2.38. The SMILES string of the molecule is COc1cc(C(=O)NCCn2ccc3c(Cl)cccc32)cc(OC)c1OC. The molecular formula is C20H21ClN2O4. The van der Waals surface area contributed by atoms with Gasteiger partial charge in [-0.25, -0.2) is 0 Å². The van der Waals surface area contributed by atoms with Crippen LogP contribution < -0.4 is 19.5 Å². The summed E-state index contributed by atoms with van der Waals surface area (Å²) < 4.78 is 17.9. The van der Waals surface area contributed by atoms with Crippen LogP contribution in [0.2, 0.25) is 5.02 Å². The molecule has 0 aliphatic carbocycles. The molecule has 0 atom stereocenters. The van der Waals surface area contributed by atoms with Crippen LogP contribution >= 0.6 is 11.6 Å². The fourth-order valence-electron chi connectivity index (χ4n) is 2.99. The number of nitrogens with one attached hydrogen (secondary N) is 1. The molecule has 6 nitrogen and oxygen atoms in total. The zero-order valence-electron chi connectivity index (χ0n) is 15.4. The van der Waals surface area contributed by atoms with Crippen molar-refractivity contribution in [2.75, 3.05) is 27.9 Å². The maximum absolute atomic E-state index is 12.5. The van der Waals surface area contributed by atoms with Gasteiger partial charge in [-0.1, -0.05) is 17.7 Å². The Morgan fingerprint density at radius 3 is 2.41 bits per heavy atom. The van der Waals surface area contributed by atoms with Crippen LogP contribution in [-0.4, -0.2) is 38.3 Å². The predicted molar refractivity (Wildman–Crippen MR) is 105 cm³/mol. The highest BCUT2D eigenvalue weighted by molar-refractivity contribution is 6.35. The lowest BCUT2D eigenvalue weighted by molar-refractivity contribution is 0.0951. The van der Waals surface area contributed by atoms with Crippen molar-refractivity contribution in [2.45, 2.75) is 6.54 Å². The summed E-state index contributed by atoms with van der Waals surface area (Å²) in [6.45, 7) is 1.09. The van der Waals surface area contributed by atoms with Crippen LogP contribution in [0.4, 0.5) is 0 Å². The van der Waals surface area contributed by atoms with Gasteiger partial charge in [0.15, 0.2) is 11.5 Å². The number of benzene rings is 2. The number of aromatic nitrogens is 1. The third-order valence-corrected chi connectivity index (χ3v) is 4.66. The summed E-state index contributed by atoms with van der Waals surface area (Å²) in [5.74, 6) is 1.11. The average Bonchev–Trinajstić information content (AvgIpc) is 3.11. The fraction of sp³-hybridized carbons (Fsp3) is 0.250.